The molecule has 0 heterocycles. The number of esters is 4. The maximum Gasteiger partial charge on any atom is 0.472 e. The van der Waals surface area contributed by atoms with Crippen LogP contribution in [-0.2, 0) is 65.4 Å². The molecule has 558 valence electrons. The van der Waals surface area contributed by atoms with Crippen LogP contribution in [0.2, 0.25) is 0 Å². The van der Waals surface area contributed by atoms with Crippen molar-refractivity contribution in [3.05, 3.63) is 0 Å². The minimum Gasteiger partial charge on any atom is -0.462 e. The molecule has 0 saturated heterocycles. The van der Waals surface area contributed by atoms with Crippen molar-refractivity contribution in [3.8, 4) is 0 Å². The summed E-state index contributed by atoms with van der Waals surface area (Å²) in [5, 5.41) is 10.6. The van der Waals surface area contributed by atoms with Crippen molar-refractivity contribution in [2.75, 3.05) is 39.6 Å². The molecule has 0 saturated carbocycles. The third-order valence-electron chi connectivity index (χ3n) is 17.7. The molecule has 94 heavy (non-hydrogen) atoms. The quantitative estimate of drug-likeness (QED) is 0.0222. The van der Waals surface area contributed by atoms with Gasteiger partial charge in [0.1, 0.15) is 19.3 Å². The number of carbonyl (C=O) groups is 4. The van der Waals surface area contributed by atoms with Crippen molar-refractivity contribution < 1.29 is 80.2 Å². The van der Waals surface area contributed by atoms with Gasteiger partial charge in [-0.2, -0.15) is 0 Å². The molecule has 0 fully saturated rings. The topological polar surface area (TPSA) is 237 Å². The number of carbonyl (C=O) groups excluding carboxylic acids is 4. The fourth-order valence-electron chi connectivity index (χ4n) is 11.3. The molecule has 0 aliphatic rings. The summed E-state index contributed by atoms with van der Waals surface area (Å²) >= 11 is 0. The number of ether oxygens (including phenoxy) is 4. The Morgan fingerprint density at radius 1 is 0.298 bits per heavy atom. The summed E-state index contributed by atoms with van der Waals surface area (Å²) in [6.07, 6.45) is 48.6. The van der Waals surface area contributed by atoms with Crippen LogP contribution in [0.3, 0.4) is 0 Å². The zero-order valence-corrected chi connectivity index (χ0v) is 63.4. The molecule has 3 unspecified atom stereocenters. The number of aliphatic hydroxyl groups excluding tert-OH is 1. The van der Waals surface area contributed by atoms with Gasteiger partial charge in [0.25, 0.3) is 0 Å². The van der Waals surface area contributed by atoms with Crippen LogP contribution in [0.15, 0.2) is 0 Å². The van der Waals surface area contributed by atoms with Crippen LogP contribution in [0.5, 0.6) is 0 Å². The molecule has 0 radical (unpaired) electrons. The number of hydrogen-bond donors (Lipinski definition) is 3. The van der Waals surface area contributed by atoms with E-state index < -0.39 is 97.5 Å². The van der Waals surface area contributed by atoms with Gasteiger partial charge < -0.3 is 33.8 Å². The number of hydrogen-bond acceptors (Lipinski definition) is 15. The normalized spacial score (nSPS) is 14.4. The summed E-state index contributed by atoms with van der Waals surface area (Å²) in [6.45, 7) is 14.2. The molecule has 0 aromatic heterocycles. The monoisotopic (exact) mass is 1380 g/mol. The standard InChI is InChI=1S/C75H146O17P2/c1-9-68(8)54-46-38-33-34-40-48-56-73(78)86-62-71(92-74(79)57-49-41-31-24-17-15-13-11-10-12-14-16-21-27-35-43-51-65(2)3)64-90-94(83,84)88-60-69(76)59-87-93(81,82)89-63-70(61-85-72(77)55-47-39-30-26-20-23-29-37-45-53-67(6)7)91-75(80)58-50-42-32-25-19-18-22-28-36-44-52-66(4)5/h65-71,76H,9-64H2,1-8H3,(H,81,82)(H,83,84)/t68?,69-,70-,71-/m1/s1. The first kappa shape index (κ1) is 92.1. The molecular formula is C75H146O17P2. The van der Waals surface area contributed by atoms with Gasteiger partial charge in [0, 0.05) is 25.7 Å². The summed E-state index contributed by atoms with van der Waals surface area (Å²) in [6, 6.07) is 0. The molecule has 0 aromatic rings. The minimum atomic E-state index is -4.96. The first-order valence-corrected chi connectivity index (χ1v) is 41.7. The summed E-state index contributed by atoms with van der Waals surface area (Å²) in [5.41, 5.74) is 0. The van der Waals surface area contributed by atoms with Gasteiger partial charge in [-0.05, 0) is 49.4 Å². The number of phosphoric ester groups is 2. The van der Waals surface area contributed by atoms with E-state index in [1.165, 1.54) is 173 Å². The van der Waals surface area contributed by atoms with Crippen molar-refractivity contribution in [2.24, 2.45) is 23.7 Å². The predicted octanol–water partition coefficient (Wildman–Crippen LogP) is 21.7. The fraction of sp³-hybridized carbons (Fsp3) is 0.947. The number of rotatable bonds is 72. The molecule has 19 heteroatoms. The summed E-state index contributed by atoms with van der Waals surface area (Å²) in [7, 11) is -9.91. The van der Waals surface area contributed by atoms with E-state index in [-0.39, 0.29) is 25.7 Å². The van der Waals surface area contributed by atoms with Crippen molar-refractivity contribution in [1.29, 1.82) is 0 Å². The fourth-order valence-corrected chi connectivity index (χ4v) is 12.9. The van der Waals surface area contributed by atoms with Crippen LogP contribution < -0.4 is 0 Å². The van der Waals surface area contributed by atoms with E-state index in [0.29, 0.717) is 25.7 Å². The first-order valence-electron chi connectivity index (χ1n) is 38.7. The lowest BCUT2D eigenvalue weighted by Gasteiger charge is -2.21. The van der Waals surface area contributed by atoms with Gasteiger partial charge in [-0.25, -0.2) is 9.13 Å². The van der Waals surface area contributed by atoms with E-state index in [9.17, 15) is 43.2 Å². The Morgan fingerprint density at radius 3 is 0.755 bits per heavy atom. The molecule has 0 aliphatic heterocycles. The molecule has 0 amide bonds. The maximum absolute atomic E-state index is 13.1. The first-order chi connectivity index (χ1) is 45.1. The Balaban J connectivity index is 5.22. The van der Waals surface area contributed by atoms with Crippen LogP contribution >= 0.6 is 15.6 Å². The third kappa shape index (κ3) is 67.3. The highest BCUT2D eigenvalue weighted by Gasteiger charge is 2.30. The second-order valence-corrected chi connectivity index (χ2v) is 31.6. The molecule has 0 rings (SSSR count). The van der Waals surface area contributed by atoms with E-state index in [1.807, 2.05) is 0 Å². The molecule has 0 aliphatic carbocycles. The van der Waals surface area contributed by atoms with E-state index in [0.717, 1.165) is 120 Å². The van der Waals surface area contributed by atoms with E-state index in [2.05, 4.69) is 55.4 Å². The second-order valence-electron chi connectivity index (χ2n) is 28.7. The van der Waals surface area contributed by atoms with Crippen LogP contribution in [0.1, 0.15) is 376 Å². The number of unbranched alkanes of at least 4 members (excludes halogenated alkanes) is 37. The van der Waals surface area contributed by atoms with Crippen molar-refractivity contribution in [1.82, 2.24) is 0 Å². The van der Waals surface area contributed by atoms with Crippen LogP contribution in [-0.4, -0.2) is 96.7 Å². The minimum absolute atomic E-state index is 0.105. The lowest BCUT2D eigenvalue weighted by Crippen LogP contribution is -2.30. The number of aliphatic hydroxyl groups is 1. The van der Waals surface area contributed by atoms with E-state index in [1.54, 1.807) is 0 Å². The lowest BCUT2D eigenvalue weighted by atomic mass is 10.00. The highest BCUT2D eigenvalue weighted by Crippen LogP contribution is 2.45. The van der Waals surface area contributed by atoms with Gasteiger partial charge in [-0.15, -0.1) is 0 Å². The Hall–Kier alpha value is -1.94. The van der Waals surface area contributed by atoms with Gasteiger partial charge >= 0.3 is 39.5 Å². The average molecular weight is 1380 g/mol. The molecule has 6 atom stereocenters. The van der Waals surface area contributed by atoms with Gasteiger partial charge in [-0.1, -0.05) is 325 Å². The maximum atomic E-state index is 13.1. The zero-order chi connectivity index (χ0) is 69.6. The third-order valence-corrected chi connectivity index (χ3v) is 19.6. The van der Waals surface area contributed by atoms with Crippen LogP contribution in [0, 0.1) is 23.7 Å². The smallest absolute Gasteiger partial charge is 0.462 e. The van der Waals surface area contributed by atoms with Crippen LogP contribution in [0.25, 0.3) is 0 Å². The molecule has 0 bridgehead atoms. The second kappa shape index (κ2) is 64.4. The van der Waals surface area contributed by atoms with Gasteiger partial charge in [0.05, 0.1) is 26.4 Å². The predicted molar refractivity (Wildman–Crippen MR) is 381 cm³/mol. The largest absolute Gasteiger partial charge is 0.472 e. The van der Waals surface area contributed by atoms with Gasteiger partial charge in [-0.3, -0.25) is 37.3 Å². The summed E-state index contributed by atoms with van der Waals surface area (Å²) < 4.78 is 68.5. The van der Waals surface area contributed by atoms with Crippen molar-refractivity contribution >= 4 is 39.5 Å². The van der Waals surface area contributed by atoms with Gasteiger partial charge in [0.2, 0.25) is 0 Å². The SMILES string of the molecule is CCC(C)CCCCCCCCC(=O)OC[C@H](COP(=O)(O)OC[C@H](O)COP(=O)(O)OC[C@@H](COC(=O)CCCCCCCCCCCC(C)C)OC(=O)CCCCCCCCCCCCC(C)C)OC(=O)CCCCCCCCCCCCCCCCCCC(C)C. The van der Waals surface area contributed by atoms with E-state index >= 15 is 0 Å². The van der Waals surface area contributed by atoms with Crippen molar-refractivity contribution in [2.45, 2.75) is 395 Å². The Morgan fingerprint density at radius 2 is 0.511 bits per heavy atom. The Kier molecular flexibility index (Phi) is 63.1. The molecule has 3 N–H and O–H groups in total. The number of phosphoric acid groups is 2. The Bertz CT molecular complexity index is 1850. The molecule has 0 spiro atoms. The summed E-state index contributed by atoms with van der Waals surface area (Å²) in [4.78, 5) is 72.7. The lowest BCUT2D eigenvalue weighted by molar-refractivity contribution is -0.161. The van der Waals surface area contributed by atoms with Crippen molar-refractivity contribution in [3.63, 3.8) is 0 Å². The van der Waals surface area contributed by atoms with Crippen LogP contribution in [0.4, 0.5) is 0 Å². The highest BCUT2D eigenvalue weighted by molar-refractivity contribution is 7.47. The highest BCUT2D eigenvalue weighted by atomic mass is 31.2. The summed E-state index contributed by atoms with van der Waals surface area (Å²) in [5.74, 6) is 0.912. The average Bonchev–Trinajstić information content (AvgIpc) is 2.15. The molecular weight excluding hydrogens is 1230 g/mol. The molecule has 0 aromatic carbocycles. The van der Waals surface area contributed by atoms with E-state index in [4.69, 9.17) is 37.0 Å². The zero-order valence-electron chi connectivity index (χ0n) is 61.6. The Labute approximate surface area is 575 Å². The van der Waals surface area contributed by atoms with Gasteiger partial charge in [0.15, 0.2) is 12.2 Å². The molecule has 17 nitrogen and oxygen atoms in total.